The van der Waals surface area contributed by atoms with Crippen molar-refractivity contribution < 1.29 is 33.6 Å². The molecule has 1 aliphatic rings. The van der Waals surface area contributed by atoms with Crippen molar-refractivity contribution in [1.29, 1.82) is 5.26 Å². The Morgan fingerprint density at radius 2 is 1.87 bits per heavy atom. The molecule has 0 aromatic heterocycles. The zero-order valence-electron chi connectivity index (χ0n) is 30.7. The third-order valence-corrected chi connectivity index (χ3v) is 9.82. The van der Waals surface area contributed by atoms with Crippen LogP contribution in [0.2, 0.25) is 5.02 Å². The third kappa shape index (κ3) is 11.7. The highest BCUT2D eigenvalue weighted by molar-refractivity contribution is 6.32. The Morgan fingerprint density at radius 3 is 2.56 bits per heavy atom. The second kappa shape index (κ2) is 21.7. The van der Waals surface area contributed by atoms with Gasteiger partial charge in [0, 0.05) is 36.6 Å². The summed E-state index contributed by atoms with van der Waals surface area (Å²) in [6, 6.07) is 17.3. The molecule has 0 radical (unpaired) electrons. The quantitative estimate of drug-likeness (QED) is 0.0582. The summed E-state index contributed by atoms with van der Waals surface area (Å²) in [7, 11) is 1.34. The normalized spacial score (nSPS) is 16.8. The van der Waals surface area contributed by atoms with Gasteiger partial charge >= 0.3 is 11.9 Å². The van der Waals surface area contributed by atoms with Crippen LogP contribution in [0.15, 0.2) is 72.8 Å². The van der Waals surface area contributed by atoms with E-state index in [2.05, 4.69) is 37.4 Å². The van der Waals surface area contributed by atoms with Crippen LogP contribution in [-0.2, 0) is 27.4 Å². The summed E-state index contributed by atoms with van der Waals surface area (Å²) in [5.74, 6) is -0.500. The van der Waals surface area contributed by atoms with E-state index in [4.69, 9.17) is 47.9 Å². The van der Waals surface area contributed by atoms with Crippen LogP contribution in [0.5, 0.6) is 11.5 Å². The molecule has 54 heavy (non-hydrogen) atoms. The summed E-state index contributed by atoms with van der Waals surface area (Å²) in [4.78, 5) is 24.4. The number of nitriles is 1. The van der Waals surface area contributed by atoms with Gasteiger partial charge in [-0.05, 0) is 85.3 Å². The van der Waals surface area contributed by atoms with Crippen molar-refractivity contribution in [3.8, 4) is 17.6 Å². The summed E-state index contributed by atoms with van der Waals surface area (Å²) < 4.78 is 24.4. The van der Waals surface area contributed by atoms with E-state index in [9.17, 15) is 20.0 Å². The van der Waals surface area contributed by atoms with Gasteiger partial charge in [-0.3, -0.25) is 4.79 Å². The lowest BCUT2D eigenvalue weighted by Crippen LogP contribution is -2.45. The number of rotatable bonds is 20. The number of alkyl halides is 1. The lowest BCUT2D eigenvalue weighted by atomic mass is 9.76. The Bertz CT molecular complexity index is 1840. The highest BCUT2D eigenvalue weighted by Gasteiger charge is 2.40. The smallest absolute Gasteiger partial charge is 0.335 e. The minimum Gasteiger partial charge on any atom is -0.489 e. The van der Waals surface area contributed by atoms with Crippen LogP contribution < -0.4 is 20.5 Å². The minimum atomic E-state index is -1.16. The number of hydrogen-bond donors (Lipinski definition) is 3. The van der Waals surface area contributed by atoms with E-state index in [1.807, 2.05) is 30.4 Å². The number of carboxylic acids is 1. The number of benzene rings is 3. The second-order valence-electron chi connectivity index (χ2n) is 12.9. The molecule has 0 spiro atoms. The molecule has 13 heteroatoms. The first-order valence-electron chi connectivity index (χ1n) is 17.6. The average Bonchev–Trinajstić information content (AvgIpc) is 3.16. The highest BCUT2D eigenvalue weighted by atomic mass is 35.5. The predicted octanol–water partition coefficient (Wildman–Crippen LogP) is 8.03. The number of methoxy groups -OCH3 is 1. The molecule has 3 atom stereocenters. The molecule has 4 rings (SSSR count). The lowest BCUT2D eigenvalue weighted by Gasteiger charge is -2.40. The maximum absolute atomic E-state index is 12.6. The molecular weight excluding hydrogens is 753 g/mol. The highest BCUT2D eigenvalue weighted by Crippen LogP contribution is 2.41. The third-order valence-electron chi connectivity index (χ3n) is 9.26. The van der Waals surface area contributed by atoms with Gasteiger partial charge in [-0.15, -0.1) is 24.0 Å². The Balaban J connectivity index is 0.00000784. The maximum atomic E-state index is 12.6. The number of nitrogens with zero attached hydrogens (tertiary/aromatic N) is 1. The molecular formula is C41H48Cl3N3O7. The standard InChI is InChI=1S/C41H47Cl2N3O7.ClH/c1-27-10-4-5-11-33(27)34-12-8-14-41(28(34)2,53-17-9-15-42)26-52-38-22-37(51-25-30-18-29(23-45)19-31(20-30)39(47)48)32(21-35(38)43)24-46-36(40(49)50-3)13-6-7-16-44;/h4-5,8,10-12,14,18-22,28,36,46H,6-7,9,13,15-17,24-26,44H2,1-3H3,(H,47,48);1H/t28-,36?,41?;/m0./s1. The summed E-state index contributed by atoms with van der Waals surface area (Å²) in [5.41, 5.74) is 9.47. The number of carbonyl (C=O) groups is 2. The number of aryl methyl sites for hydroxylation is 1. The molecule has 4 N–H and O–H groups in total. The number of esters is 1. The van der Waals surface area contributed by atoms with E-state index in [1.54, 1.807) is 18.2 Å². The minimum absolute atomic E-state index is 0. The van der Waals surface area contributed by atoms with Crippen LogP contribution in [0.1, 0.15) is 70.8 Å². The molecule has 2 unspecified atom stereocenters. The molecule has 1 aliphatic carbocycles. The number of carbonyl (C=O) groups excluding carboxylic acids is 1. The molecule has 10 nitrogen and oxygen atoms in total. The zero-order chi connectivity index (χ0) is 38.4. The van der Waals surface area contributed by atoms with Gasteiger partial charge in [-0.25, -0.2) is 4.79 Å². The second-order valence-corrected chi connectivity index (χ2v) is 13.7. The van der Waals surface area contributed by atoms with Gasteiger partial charge in [0.15, 0.2) is 0 Å². The first-order valence-corrected chi connectivity index (χ1v) is 18.5. The Kier molecular flexibility index (Phi) is 17.8. The molecule has 290 valence electrons. The number of allylic oxidation sites excluding steroid dienone is 2. The zero-order valence-corrected chi connectivity index (χ0v) is 33.1. The molecule has 0 amide bonds. The largest absolute Gasteiger partial charge is 0.489 e. The van der Waals surface area contributed by atoms with Crippen LogP contribution >= 0.6 is 35.6 Å². The fourth-order valence-electron chi connectivity index (χ4n) is 6.24. The molecule has 3 aromatic rings. The van der Waals surface area contributed by atoms with Gasteiger partial charge in [0.2, 0.25) is 0 Å². The Hall–Kier alpha value is -4.08. The molecule has 3 aromatic carbocycles. The van der Waals surface area contributed by atoms with E-state index in [-0.39, 0.29) is 49.2 Å². The topological polar surface area (TPSA) is 153 Å². The van der Waals surface area contributed by atoms with Gasteiger partial charge < -0.3 is 35.1 Å². The van der Waals surface area contributed by atoms with Gasteiger partial charge in [-0.1, -0.05) is 61.4 Å². The van der Waals surface area contributed by atoms with Crippen molar-refractivity contribution in [3.63, 3.8) is 0 Å². The SMILES string of the molecule is COC(=O)C(CCCCN)NCc1cc(Cl)c(OCC2(OCCCCl)C=CC=C(c3ccccc3C)[C@@H]2C)cc1OCc1cc(C#N)cc(C(=O)O)c1.Cl. The molecule has 0 aliphatic heterocycles. The Labute approximate surface area is 333 Å². The van der Waals surface area contributed by atoms with Crippen LogP contribution in [0.25, 0.3) is 5.57 Å². The van der Waals surface area contributed by atoms with Crippen molar-refractivity contribution in [2.75, 3.05) is 32.7 Å². The van der Waals surface area contributed by atoms with Gasteiger partial charge in [0.05, 0.1) is 29.3 Å². The first kappa shape index (κ1) is 44.3. The fourth-order valence-corrected chi connectivity index (χ4v) is 6.59. The van der Waals surface area contributed by atoms with Gasteiger partial charge in [0.1, 0.15) is 36.4 Å². The number of nitrogens with one attached hydrogen (secondary N) is 1. The summed E-state index contributed by atoms with van der Waals surface area (Å²) in [6.45, 7) is 5.37. The molecule has 0 saturated heterocycles. The molecule has 0 fully saturated rings. The fraction of sp³-hybridized carbons (Fsp3) is 0.390. The number of nitrogens with two attached hydrogens (primary N) is 1. The number of carboxylic acid groups (broad SMARTS) is 1. The van der Waals surface area contributed by atoms with Crippen LogP contribution in [0, 0.1) is 24.2 Å². The van der Waals surface area contributed by atoms with Crippen LogP contribution in [-0.4, -0.2) is 61.4 Å². The van der Waals surface area contributed by atoms with Crippen molar-refractivity contribution in [1.82, 2.24) is 5.32 Å². The van der Waals surface area contributed by atoms with E-state index in [0.29, 0.717) is 59.5 Å². The van der Waals surface area contributed by atoms with Crippen molar-refractivity contribution in [2.45, 2.75) is 64.3 Å². The van der Waals surface area contributed by atoms with E-state index < -0.39 is 23.6 Å². The number of hydrogen-bond acceptors (Lipinski definition) is 9. The average molecular weight is 801 g/mol. The van der Waals surface area contributed by atoms with Crippen molar-refractivity contribution >= 4 is 53.1 Å². The van der Waals surface area contributed by atoms with Crippen molar-refractivity contribution in [3.05, 3.63) is 111 Å². The summed E-state index contributed by atoms with van der Waals surface area (Å²) >= 11 is 12.9. The Morgan fingerprint density at radius 1 is 1.09 bits per heavy atom. The van der Waals surface area contributed by atoms with E-state index >= 15 is 0 Å². The van der Waals surface area contributed by atoms with E-state index in [1.165, 1.54) is 19.2 Å². The summed E-state index contributed by atoms with van der Waals surface area (Å²) in [5, 5.41) is 22.7. The number of ether oxygens (including phenoxy) is 4. The summed E-state index contributed by atoms with van der Waals surface area (Å²) in [6.07, 6.45) is 8.76. The van der Waals surface area contributed by atoms with Crippen LogP contribution in [0.3, 0.4) is 0 Å². The molecule has 0 saturated carbocycles. The number of unbranched alkanes of at least 4 members (excludes halogenated alkanes) is 1. The maximum Gasteiger partial charge on any atom is 0.335 e. The van der Waals surface area contributed by atoms with Crippen molar-refractivity contribution in [2.24, 2.45) is 11.7 Å². The molecule has 0 heterocycles. The number of aromatic carboxylic acids is 1. The van der Waals surface area contributed by atoms with Gasteiger partial charge in [0.25, 0.3) is 0 Å². The van der Waals surface area contributed by atoms with Crippen LogP contribution in [0.4, 0.5) is 0 Å². The van der Waals surface area contributed by atoms with E-state index in [0.717, 1.165) is 29.5 Å². The molecule has 0 bridgehead atoms. The van der Waals surface area contributed by atoms with Gasteiger partial charge in [-0.2, -0.15) is 5.26 Å². The monoisotopic (exact) mass is 799 g/mol. The first-order chi connectivity index (χ1) is 25.5. The number of halogens is 3. The predicted molar refractivity (Wildman–Crippen MR) is 214 cm³/mol. The lowest BCUT2D eigenvalue weighted by molar-refractivity contribution is -0.143.